The highest BCUT2D eigenvalue weighted by Crippen LogP contribution is 2.25. The summed E-state index contributed by atoms with van der Waals surface area (Å²) in [6.07, 6.45) is 2.19. The van der Waals surface area contributed by atoms with Crippen LogP contribution < -0.4 is 5.73 Å². The van der Waals surface area contributed by atoms with Gasteiger partial charge in [-0.25, -0.2) is 14.6 Å². The number of terminal acetylenes is 1. The van der Waals surface area contributed by atoms with Crippen LogP contribution in [0.2, 0.25) is 5.28 Å². The number of halogens is 1. The van der Waals surface area contributed by atoms with Gasteiger partial charge in [0.25, 0.3) is 5.60 Å². The maximum absolute atomic E-state index is 11.2. The molecule has 0 aromatic carbocycles. The van der Waals surface area contributed by atoms with E-state index in [2.05, 4.69) is 15.0 Å². The SMILES string of the molecule is C#C[C@@H](O)[C@@H](O[C@@H](CO)COC(C)(C(=O)O)C(=O)O)n1cnc2c(N)nc(Cl)nc21. The fourth-order valence-corrected chi connectivity index (χ4v) is 2.45. The zero-order valence-electron chi connectivity index (χ0n) is 15.5. The Bertz CT molecular complexity index is 976. The van der Waals surface area contributed by atoms with Gasteiger partial charge in [-0.3, -0.25) is 4.57 Å². The highest BCUT2D eigenvalue weighted by molar-refractivity contribution is 6.28. The van der Waals surface area contributed by atoms with Crippen molar-refractivity contribution in [3.8, 4) is 12.3 Å². The van der Waals surface area contributed by atoms with E-state index in [1.807, 2.05) is 5.92 Å². The Labute approximate surface area is 174 Å². The summed E-state index contributed by atoms with van der Waals surface area (Å²) >= 11 is 5.81. The molecule has 2 aromatic heterocycles. The third kappa shape index (κ3) is 4.58. The Balaban J connectivity index is 2.33. The van der Waals surface area contributed by atoms with E-state index in [1.165, 1.54) is 10.9 Å². The number of hydrogen-bond acceptors (Lipinski definition) is 10. The van der Waals surface area contributed by atoms with Crippen molar-refractivity contribution in [2.45, 2.75) is 31.0 Å². The standard InChI is InChI=1S/C16H18ClN5O8/c1-3-8(24)12(22-6-19-9-10(18)20-15(17)21-11(9)22)30-7(4-23)5-29-16(2,13(25)26)14(27)28/h1,6-8,12,23-24H,4-5H2,2H3,(H,25,26)(H,27,28)(H2,18,20,21)/t7-,8+,12+/m0/s1. The predicted octanol–water partition coefficient (Wildman–Crippen LogP) is -1.12. The van der Waals surface area contributed by atoms with E-state index in [-0.39, 0.29) is 22.3 Å². The lowest BCUT2D eigenvalue weighted by Gasteiger charge is -2.28. The smallest absolute Gasteiger partial charge is 0.347 e. The lowest BCUT2D eigenvalue weighted by Crippen LogP contribution is -2.48. The first-order valence-electron chi connectivity index (χ1n) is 8.22. The van der Waals surface area contributed by atoms with Gasteiger partial charge in [-0.1, -0.05) is 5.92 Å². The van der Waals surface area contributed by atoms with Crippen LogP contribution in [-0.4, -0.2) is 82.9 Å². The highest BCUT2D eigenvalue weighted by Gasteiger charge is 2.44. The molecule has 162 valence electrons. The molecule has 30 heavy (non-hydrogen) atoms. The van der Waals surface area contributed by atoms with Crippen LogP contribution >= 0.6 is 11.6 Å². The van der Waals surface area contributed by atoms with Crippen molar-refractivity contribution in [1.82, 2.24) is 19.5 Å². The first kappa shape index (κ1) is 23.3. The maximum Gasteiger partial charge on any atom is 0.347 e. The van der Waals surface area contributed by atoms with Gasteiger partial charge in [0.1, 0.15) is 11.6 Å². The number of imidazole rings is 1. The lowest BCUT2D eigenvalue weighted by molar-refractivity contribution is -0.192. The second kappa shape index (κ2) is 9.20. The van der Waals surface area contributed by atoms with Crippen molar-refractivity contribution < 1.29 is 39.5 Å². The summed E-state index contributed by atoms with van der Waals surface area (Å²) in [5.41, 5.74) is 3.34. The Kier molecular flexibility index (Phi) is 7.13. The minimum Gasteiger partial charge on any atom is -0.479 e. The van der Waals surface area contributed by atoms with Gasteiger partial charge in [0.2, 0.25) is 5.28 Å². The fourth-order valence-electron chi connectivity index (χ4n) is 2.28. The van der Waals surface area contributed by atoms with Crippen LogP contribution in [0.1, 0.15) is 13.2 Å². The molecule has 0 radical (unpaired) electrons. The molecule has 2 aromatic rings. The van der Waals surface area contributed by atoms with Gasteiger partial charge in [-0.2, -0.15) is 9.97 Å². The van der Waals surface area contributed by atoms with E-state index in [0.717, 1.165) is 6.92 Å². The number of carbonyl (C=O) groups is 2. The van der Waals surface area contributed by atoms with E-state index < -0.39 is 49.2 Å². The van der Waals surface area contributed by atoms with Crippen molar-refractivity contribution in [1.29, 1.82) is 0 Å². The zero-order valence-corrected chi connectivity index (χ0v) is 16.2. The number of anilines is 1. The first-order chi connectivity index (χ1) is 14.0. The predicted molar refractivity (Wildman–Crippen MR) is 100 cm³/mol. The molecule has 0 aliphatic heterocycles. The van der Waals surface area contributed by atoms with E-state index in [1.54, 1.807) is 0 Å². The van der Waals surface area contributed by atoms with Gasteiger partial charge in [-0.15, -0.1) is 6.42 Å². The van der Waals surface area contributed by atoms with Crippen LogP contribution in [0.25, 0.3) is 11.2 Å². The quantitative estimate of drug-likeness (QED) is 0.168. The fraction of sp³-hybridized carbons (Fsp3) is 0.438. The van der Waals surface area contributed by atoms with Crippen molar-refractivity contribution >= 4 is 40.5 Å². The topological polar surface area (TPSA) is 203 Å². The zero-order chi connectivity index (χ0) is 22.6. The van der Waals surface area contributed by atoms with Crippen LogP contribution in [0.15, 0.2) is 6.33 Å². The van der Waals surface area contributed by atoms with E-state index in [4.69, 9.17) is 43.4 Å². The third-order valence-electron chi connectivity index (χ3n) is 4.05. The summed E-state index contributed by atoms with van der Waals surface area (Å²) in [6.45, 7) is -0.567. The molecule has 0 spiro atoms. The molecule has 0 aliphatic rings. The number of aliphatic hydroxyl groups excluding tert-OH is 2. The van der Waals surface area contributed by atoms with E-state index >= 15 is 0 Å². The van der Waals surface area contributed by atoms with Gasteiger partial charge in [0, 0.05) is 0 Å². The molecule has 0 fully saturated rings. The molecular weight excluding hydrogens is 426 g/mol. The molecule has 6 N–H and O–H groups in total. The van der Waals surface area contributed by atoms with Crippen LogP contribution in [-0.2, 0) is 19.1 Å². The molecule has 2 heterocycles. The second-order valence-corrected chi connectivity index (χ2v) is 6.44. The molecule has 0 amide bonds. The monoisotopic (exact) mass is 443 g/mol. The minimum atomic E-state index is -2.59. The normalized spacial score (nSPS) is 14.8. The first-order valence-corrected chi connectivity index (χ1v) is 8.59. The number of fused-ring (bicyclic) bond motifs is 1. The van der Waals surface area contributed by atoms with E-state index in [9.17, 15) is 19.8 Å². The number of hydrogen-bond donors (Lipinski definition) is 5. The summed E-state index contributed by atoms with van der Waals surface area (Å²) in [4.78, 5) is 34.1. The number of aliphatic carboxylic acids is 2. The van der Waals surface area contributed by atoms with Gasteiger partial charge < -0.3 is 35.6 Å². The van der Waals surface area contributed by atoms with Crippen molar-refractivity contribution in [2.75, 3.05) is 18.9 Å². The van der Waals surface area contributed by atoms with Crippen molar-refractivity contribution in [2.24, 2.45) is 0 Å². The summed E-state index contributed by atoms with van der Waals surface area (Å²) in [7, 11) is 0. The largest absolute Gasteiger partial charge is 0.479 e. The number of aromatic nitrogens is 4. The Morgan fingerprint density at radius 3 is 2.57 bits per heavy atom. The lowest BCUT2D eigenvalue weighted by atomic mass is 10.1. The number of aliphatic hydroxyl groups is 2. The number of ether oxygens (including phenoxy) is 2. The number of rotatable bonds is 10. The molecule has 0 aliphatic carbocycles. The Morgan fingerprint density at radius 1 is 1.40 bits per heavy atom. The summed E-state index contributed by atoms with van der Waals surface area (Å²) in [6, 6.07) is 0. The molecule has 13 nitrogen and oxygen atoms in total. The van der Waals surface area contributed by atoms with Crippen LogP contribution in [0, 0.1) is 12.3 Å². The number of nitrogen functional groups attached to an aromatic ring is 1. The molecule has 3 atom stereocenters. The average Bonchev–Trinajstić information content (AvgIpc) is 3.10. The van der Waals surface area contributed by atoms with Crippen molar-refractivity contribution in [3.63, 3.8) is 0 Å². The van der Waals surface area contributed by atoms with Crippen molar-refractivity contribution in [3.05, 3.63) is 11.6 Å². The number of nitrogens with two attached hydrogens (primary N) is 1. The van der Waals surface area contributed by atoms with Gasteiger partial charge in [0.15, 0.2) is 23.8 Å². The number of nitrogens with zero attached hydrogens (tertiary/aromatic N) is 4. The summed E-state index contributed by atoms with van der Waals surface area (Å²) in [5, 5.41) is 37.8. The van der Waals surface area contributed by atoms with E-state index in [0.29, 0.717) is 0 Å². The molecule has 14 heteroatoms. The summed E-state index contributed by atoms with van der Waals surface area (Å²) < 4.78 is 11.7. The molecule has 2 rings (SSSR count). The van der Waals surface area contributed by atoms with Gasteiger partial charge in [-0.05, 0) is 18.5 Å². The molecule has 0 bridgehead atoms. The van der Waals surface area contributed by atoms with Gasteiger partial charge >= 0.3 is 11.9 Å². The molecule has 0 saturated heterocycles. The van der Waals surface area contributed by atoms with Gasteiger partial charge in [0.05, 0.1) is 19.5 Å². The average molecular weight is 444 g/mol. The maximum atomic E-state index is 11.2. The molecule has 0 saturated carbocycles. The Hall–Kier alpha value is -3.02. The second-order valence-electron chi connectivity index (χ2n) is 6.10. The minimum absolute atomic E-state index is 0.0431. The van der Waals surface area contributed by atoms with Crippen LogP contribution in [0.5, 0.6) is 0 Å². The summed E-state index contributed by atoms with van der Waals surface area (Å²) in [5.74, 6) is -1.50. The molecule has 0 unspecified atom stereocenters. The van der Waals surface area contributed by atoms with Crippen LogP contribution in [0.4, 0.5) is 5.82 Å². The highest BCUT2D eigenvalue weighted by atomic mass is 35.5. The third-order valence-corrected chi connectivity index (χ3v) is 4.21. The number of carboxylic acids is 2. The van der Waals surface area contributed by atoms with Crippen LogP contribution in [0.3, 0.4) is 0 Å². The molecular formula is C16H18ClN5O8. The Morgan fingerprint density at radius 2 is 2.03 bits per heavy atom. The number of carboxylic acid groups (broad SMARTS) is 2.